The van der Waals surface area contributed by atoms with Crippen molar-refractivity contribution >= 4 is 20.9 Å². The quantitative estimate of drug-likeness (QED) is 0.348. The molecule has 6 nitrogen and oxygen atoms in total. The molecule has 0 amide bonds. The van der Waals surface area contributed by atoms with Gasteiger partial charge < -0.3 is 4.74 Å². The SMILES string of the molecule is CCC(C)S(=O)(=O)N[C@@H](C)[C@@H](Oc1ccc2c(cnn2-c2ccc(F)cc2)c1)c1ccccc1. The zero-order chi connectivity index (χ0) is 24.3. The normalized spacial score (nSPS) is 14.6. The third-order valence-corrected chi connectivity index (χ3v) is 8.00. The number of ether oxygens (including phenoxy) is 1. The van der Waals surface area contributed by atoms with Gasteiger partial charge in [0.2, 0.25) is 10.0 Å². The molecule has 8 heteroatoms. The third-order valence-electron chi connectivity index (χ3n) is 5.91. The van der Waals surface area contributed by atoms with Gasteiger partial charge in [-0.2, -0.15) is 5.10 Å². The van der Waals surface area contributed by atoms with E-state index in [-0.39, 0.29) is 5.82 Å². The van der Waals surface area contributed by atoms with Crippen LogP contribution in [0.2, 0.25) is 0 Å². The van der Waals surface area contributed by atoms with E-state index in [1.54, 1.807) is 29.9 Å². The number of fused-ring (bicyclic) bond motifs is 1. The Morgan fingerprint density at radius 3 is 2.41 bits per heavy atom. The molecule has 1 N–H and O–H groups in total. The van der Waals surface area contributed by atoms with Crippen LogP contribution in [0.1, 0.15) is 38.9 Å². The standard InChI is InChI=1S/C26H28FN3O3S/c1-4-18(2)34(31,32)29-19(3)26(20-8-6-5-7-9-20)33-24-14-15-25-21(16-24)17-28-30(25)23-12-10-22(27)11-13-23/h5-19,26,29H,4H2,1-3H3/t18?,19-,26+/m0/s1. The average Bonchev–Trinajstić information content (AvgIpc) is 3.26. The van der Waals surface area contributed by atoms with Gasteiger partial charge in [-0.05, 0) is 68.3 Å². The Kier molecular flexibility index (Phi) is 7.00. The van der Waals surface area contributed by atoms with E-state index in [9.17, 15) is 12.8 Å². The van der Waals surface area contributed by atoms with Gasteiger partial charge in [0, 0.05) is 5.39 Å². The van der Waals surface area contributed by atoms with Crippen molar-refractivity contribution in [2.75, 3.05) is 0 Å². The lowest BCUT2D eigenvalue weighted by molar-refractivity contribution is 0.173. The molecule has 1 aromatic heterocycles. The minimum absolute atomic E-state index is 0.305. The summed E-state index contributed by atoms with van der Waals surface area (Å²) in [5, 5.41) is 4.78. The van der Waals surface area contributed by atoms with Crippen LogP contribution in [0.25, 0.3) is 16.6 Å². The van der Waals surface area contributed by atoms with E-state index in [0.29, 0.717) is 12.2 Å². The maximum absolute atomic E-state index is 13.3. The number of hydrogen-bond donors (Lipinski definition) is 1. The van der Waals surface area contributed by atoms with Crippen LogP contribution in [-0.2, 0) is 10.0 Å². The zero-order valence-corrected chi connectivity index (χ0v) is 20.2. The maximum Gasteiger partial charge on any atom is 0.214 e. The molecule has 0 bridgehead atoms. The number of halogens is 1. The van der Waals surface area contributed by atoms with Crippen LogP contribution in [-0.4, -0.2) is 29.5 Å². The van der Waals surface area contributed by atoms with E-state index >= 15 is 0 Å². The predicted octanol–water partition coefficient (Wildman–Crippen LogP) is 5.39. The fourth-order valence-electron chi connectivity index (χ4n) is 3.78. The number of rotatable bonds is 9. The molecule has 0 aliphatic rings. The Labute approximate surface area is 199 Å². The molecule has 1 heterocycles. The number of aromatic nitrogens is 2. The van der Waals surface area contributed by atoms with Crippen LogP contribution >= 0.6 is 0 Å². The summed E-state index contributed by atoms with van der Waals surface area (Å²) < 4.78 is 49.6. The Morgan fingerprint density at radius 1 is 1.03 bits per heavy atom. The maximum atomic E-state index is 13.3. The molecule has 34 heavy (non-hydrogen) atoms. The number of benzene rings is 3. The highest BCUT2D eigenvalue weighted by Crippen LogP contribution is 2.29. The minimum atomic E-state index is -3.49. The van der Waals surface area contributed by atoms with Crippen LogP contribution in [0.5, 0.6) is 5.75 Å². The second kappa shape index (κ2) is 9.95. The van der Waals surface area contributed by atoms with Crippen molar-refractivity contribution in [1.29, 1.82) is 0 Å². The highest BCUT2D eigenvalue weighted by Gasteiger charge is 2.28. The average molecular weight is 482 g/mol. The van der Waals surface area contributed by atoms with E-state index < -0.39 is 27.4 Å². The number of sulfonamides is 1. The molecular weight excluding hydrogens is 453 g/mol. The summed E-state index contributed by atoms with van der Waals surface area (Å²) in [6.07, 6.45) is 1.70. The largest absolute Gasteiger partial charge is 0.484 e. The van der Waals surface area contributed by atoms with Crippen molar-refractivity contribution in [2.45, 2.75) is 44.6 Å². The van der Waals surface area contributed by atoms with Gasteiger partial charge >= 0.3 is 0 Å². The second-order valence-electron chi connectivity index (χ2n) is 8.37. The number of nitrogens with zero attached hydrogens (tertiary/aromatic N) is 2. The first-order valence-electron chi connectivity index (χ1n) is 11.2. The summed E-state index contributed by atoms with van der Waals surface area (Å²) in [5.41, 5.74) is 2.46. The molecule has 0 saturated carbocycles. The van der Waals surface area contributed by atoms with Crippen LogP contribution in [0.15, 0.2) is 79.0 Å². The Morgan fingerprint density at radius 2 is 1.74 bits per heavy atom. The fourth-order valence-corrected chi connectivity index (χ4v) is 5.09. The van der Waals surface area contributed by atoms with Crippen molar-refractivity contribution in [3.63, 3.8) is 0 Å². The molecule has 0 aliphatic heterocycles. The van der Waals surface area contributed by atoms with Gasteiger partial charge in [0.05, 0.1) is 28.7 Å². The molecule has 178 valence electrons. The van der Waals surface area contributed by atoms with Crippen LogP contribution < -0.4 is 9.46 Å². The molecule has 0 radical (unpaired) electrons. The predicted molar refractivity (Wildman–Crippen MR) is 132 cm³/mol. The summed E-state index contributed by atoms with van der Waals surface area (Å²) in [4.78, 5) is 0. The van der Waals surface area contributed by atoms with Crippen molar-refractivity contribution in [2.24, 2.45) is 0 Å². The van der Waals surface area contributed by atoms with Crippen LogP contribution in [0.3, 0.4) is 0 Å². The number of nitrogens with one attached hydrogen (secondary N) is 1. The van der Waals surface area contributed by atoms with Gasteiger partial charge in [-0.1, -0.05) is 37.3 Å². The van der Waals surface area contributed by atoms with Gasteiger partial charge in [0.1, 0.15) is 17.7 Å². The summed E-state index contributed by atoms with van der Waals surface area (Å²) in [5.74, 6) is 0.288. The summed E-state index contributed by atoms with van der Waals surface area (Å²) in [6.45, 7) is 5.35. The lowest BCUT2D eigenvalue weighted by Crippen LogP contribution is -2.42. The Balaban J connectivity index is 1.63. The Hall–Kier alpha value is -3.23. The molecule has 0 aliphatic carbocycles. The van der Waals surface area contributed by atoms with E-state index in [1.165, 1.54) is 12.1 Å². The monoisotopic (exact) mass is 481 g/mol. The first-order valence-corrected chi connectivity index (χ1v) is 12.8. The smallest absolute Gasteiger partial charge is 0.214 e. The first kappa shape index (κ1) is 23.9. The van der Waals surface area contributed by atoms with E-state index in [2.05, 4.69) is 9.82 Å². The molecule has 0 spiro atoms. The highest BCUT2D eigenvalue weighted by molar-refractivity contribution is 7.90. The minimum Gasteiger partial charge on any atom is -0.484 e. The van der Waals surface area contributed by atoms with Crippen LogP contribution in [0, 0.1) is 5.82 Å². The Bertz CT molecular complexity index is 1360. The van der Waals surface area contributed by atoms with Gasteiger partial charge in [0.15, 0.2) is 0 Å². The summed E-state index contributed by atoms with van der Waals surface area (Å²) in [7, 11) is -3.49. The molecule has 0 saturated heterocycles. The highest BCUT2D eigenvalue weighted by atomic mass is 32.2. The molecule has 4 aromatic rings. The summed E-state index contributed by atoms with van der Waals surface area (Å²) in [6, 6.07) is 20.8. The lowest BCUT2D eigenvalue weighted by Gasteiger charge is -2.27. The van der Waals surface area contributed by atoms with Crippen molar-refractivity contribution in [3.8, 4) is 11.4 Å². The second-order valence-corrected chi connectivity index (χ2v) is 10.5. The van der Waals surface area contributed by atoms with Gasteiger partial charge in [-0.15, -0.1) is 0 Å². The zero-order valence-electron chi connectivity index (χ0n) is 19.4. The molecule has 3 aromatic carbocycles. The van der Waals surface area contributed by atoms with Crippen molar-refractivity contribution in [3.05, 3.63) is 90.4 Å². The van der Waals surface area contributed by atoms with Crippen molar-refractivity contribution in [1.82, 2.24) is 14.5 Å². The topological polar surface area (TPSA) is 73.2 Å². The third kappa shape index (κ3) is 5.13. The fraction of sp³-hybridized carbons (Fsp3) is 0.269. The molecular formula is C26H28FN3O3S. The van der Waals surface area contributed by atoms with Gasteiger partial charge in [0.25, 0.3) is 0 Å². The molecule has 4 rings (SSSR count). The molecule has 0 fully saturated rings. The van der Waals surface area contributed by atoms with Gasteiger partial charge in [-0.25, -0.2) is 22.2 Å². The van der Waals surface area contributed by atoms with E-state index in [0.717, 1.165) is 22.2 Å². The van der Waals surface area contributed by atoms with Gasteiger partial charge in [-0.3, -0.25) is 0 Å². The molecule has 3 atom stereocenters. The van der Waals surface area contributed by atoms with E-state index in [1.807, 2.05) is 62.4 Å². The van der Waals surface area contributed by atoms with Crippen molar-refractivity contribution < 1.29 is 17.5 Å². The first-order chi connectivity index (χ1) is 16.3. The lowest BCUT2D eigenvalue weighted by atomic mass is 10.0. The summed E-state index contributed by atoms with van der Waals surface area (Å²) >= 11 is 0. The van der Waals surface area contributed by atoms with Crippen LogP contribution in [0.4, 0.5) is 4.39 Å². The van der Waals surface area contributed by atoms with E-state index in [4.69, 9.17) is 4.74 Å². The number of hydrogen-bond acceptors (Lipinski definition) is 4. The molecule has 1 unspecified atom stereocenters.